The Morgan fingerprint density at radius 2 is 1.95 bits per heavy atom. The molecule has 0 radical (unpaired) electrons. The van der Waals surface area contributed by atoms with Crippen LogP contribution in [0.5, 0.6) is 5.75 Å². The number of aryl methyl sites for hydroxylation is 1. The number of hydrogen-bond acceptors (Lipinski definition) is 3. The molecule has 0 bridgehead atoms. The van der Waals surface area contributed by atoms with Crippen molar-refractivity contribution >= 4 is 0 Å². The Bertz CT molecular complexity index is 441. The molecule has 120 valence electrons. The molecule has 3 heteroatoms. The predicted molar refractivity (Wildman–Crippen MR) is 88.8 cm³/mol. The Morgan fingerprint density at radius 3 is 2.52 bits per heavy atom. The zero-order valence-electron chi connectivity index (χ0n) is 14.4. The van der Waals surface area contributed by atoms with Crippen molar-refractivity contribution in [1.82, 2.24) is 5.32 Å². The molecule has 3 nitrogen and oxygen atoms in total. The van der Waals surface area contributed by atoms with Gasteiger partial charge in [-0.2, -0.15) is 0 Å². The number of rotatable bonds is 8. The summed E-state index contributed by atoms with van der Waals surface area (Å²) in [5.41, 5.74) is 1.56. The van der Waals surface area contributed by atoms with Gasteiger partial charge in [-0.3, -0.25) is 0 Å². The van der Waals surface area contributed by atoms with Crippen LogP contribution in [0.25, 0.3) is 0 Å². The number of hydrogen-bond donors (Lipinski definition) is 2. The quantitative estimate of drug-likeness (QED) is 0.765. The van der Waals surface area contributed by atoms with E-state index in [-0.39, 0.29) is 12.0 Å². The van der Waals surface area contributed by atoms with Gasteiger partial charge in [-0.05, 0) is 45.7 Å². The Labute approximate surface area is 129 Å². The van der Waals surface area contributed by atoms with Crippen molar-refractivity contribution in [3.63, 3.8) is 0 Å². The first-order chi connectivity index (χ1) is 9.77. The molecule has 0 aliphatic heterocycles. The third-order valence-electron chi connectivity index (χ3n) is 4.10. The fourth-order valence-electron chi connectivity index (χ4n) is 2.00. The smallest absolute Gasteiger partial charge is 0.124 e. The average Bonchev–Trinajstić information content (AvgIpc) is 2.43. The molecule has 0 aliphatic rings. The molecule has 0 fully saturated rings. The van der Waals surface area contributed by atoms with Crippen LogP contribution in [0.2, 0.25) is 0 Å². The van der Waals surface area contributed by atoms with Crippen molar-refractivity contribution in [1.29, 1.82) is 0 Å². The van der Waals surface area contributed by atoms with Crippen LogP contribution < -0.4 is 10.1 Å². The summed E-state index contributed by atoms with van der Waals surface area (Å²) in [5, 5.41) is 13.8. The number of ether oxygens (including phenoxy) is 1. The van der Waals surface area contributed by atoms with Gasteiger partial charge in [0.1, 0.15) is 12.4 Å². The molecular formula is C18H31NO2. The molecule has 0 aromatic heterocycles. The first-order valence-electron chi connectivity index (χ1n) is 7.97. The van der Waals surface area contributed by atoms with Gasteiger partial charge in [0.05, 0.1) is 5.60 Å². The maximum absolute atomic E-state index is 10.3. The minimum atomic E-state index is -0.817. The molecule has 0 amide bonds. The number of aliphatic hydroxyl groups is 1. The van der Waals surface area contributed by atoms with Gasteiger partial charge in [0, 0.05) is 11.6 Å². The lowest BCUT2D eigenvalue weighted by molar-refractivity contribution is -0.0269. The minimum Gasteiger partial charge on any atom is -0.490 e. The van der Waals surface area contributed by atoms with Gasteiger partial charge in [-0.15, -0.1) is 0 Å². The van der Waals surface area contributed by atoms with Crippen LogP contribution in [0, 0.1) is 12.8 Å². The molecular weight excluding hydrogens is 262 g/mol. The van der Waals surface area contributed by atoms with Gasteiger partial charge in [-0.25, -0.2) is 0 Å². The van der Waals surface area contributed by atoms with Crippen molar-refractivity contribution in [2.24, 2.45) is 5.92 Å². The van der Waals surface area contributed by atoms with Crippen LogP contribution in [-0.2, 0) is 0 Å². The summed E-state index contributed by atoms with van der Waals surface area (Å²) in [5.74, 6) is 1.01. The third-order valence-corrected chi connectivity index (χ3v) is 4.10. The molecule has 0 saturated heterocycles. The topological polar surface area (TPSA) is 41.5 Å². The summed E-state index contributed by atoms with van der Waals surface area (Å²) in [7, 11) is 0. The van der Waals surface area contributed by atoms with Crippen LogP contribution in [0.3, 0.4) is 0 Å². The molecule has 1 rings (SSSR count). The fourth-order valence-corrected chi connectivity index (χ4v) is 2.00. The first-order valence-corrected chi connectivity index (χ1v) is 7.97. The monoisotopic (exact) mass is 293 g/mol. The van der Waals surface area contributed by atoms with Gasteiger partial charge in [0.2, 0.25) is 0 Å². The highest BCUT2D eigenvalue weighted by atomic mass is 16.5. The standard InChI is InChI=1S/C18H31NO2/c1-7-10-19-15(5)16-11-14(4)8-9-17(16)21-12-18(6,20)13(2)3/h8-9,11,13,15,19-20H,7,10,12H2,1-6H3. The van der Waals surface area contributed by atoms with Gasteiger partial charge < -0.3 is 15.2 Å². The van der Waals surface area contributed by atoms with Crippen molar-refractivity contribution < 1.29 is 9.84 Å². The zero-order valence-corrected chi connectivity index (χ0v) is 14.4. The van der Waals surface area contributed by atoms with E-state index in [1.807, 2.05) is 26.8 Å². The molecule has 0 saturated carbocycles. The van der Waals surface area contributed by atoms with Crippen molar-refractivity contribution in [2.45, 2.75) is 59.6 Å². The highest BCUT2D eigenvalue weighted by Gasteiger charge is 2.26. The van der Waals surface area contributed by atoms with Crippen LogP contribution in [0.4, 0.5) is 0 Å². The van der Waals surface area contributed by atoms with E-state index in [4.69, 9.17) is 4.74 Å². The molecule has 1 aromatic carbocycles. The van der Waals surface area contributed by atoms with E-state index in [2.05, 4.69) is 38.2 Å². The SMILES string of the molecule is CCCNC(C)c1cc(C)ccc1OCC(C)(O)C(C)C. The van der Waals surface area contributed by atoms with E-state index in [1.54, 1.807) is 0 Å². The van der Waals surface area contributed by atoms with Crippen LogP contribution in [0.1, 0.15) is 58.2 Å². The zero-order chi connectivity index (χ0) is 16.0. The van der Waals surface area contributed by atoms with E-state index < -0.39 is 5.60 Å². The molecule has 1 aromatic rings. The fraction of sp³-hybridized carbons (Fsp3) is 0.667. The average molecular weight is 293 g/mol. The van der Waals surface area contributed by atoms with E-state index >= 15 is 0 Å². The van der Waals surface area contributed by atoms with Crippen molar-refractivity contribution in [3.8, 4) is 5.75 Å². The second-order valence-corrected chi connectivity index (χ2v) is 6.52. The van der Waals surface area contributed by atoms with Crippen molar-refractivity contribution in [3.05, 3.63) is 29.3 Å². The van der Waals surface area contributed by atoms with E-state index in [1.165, 1.54) is 5.56 Å². The summed E-state index contributed by atoms with van der Waals surface area (Å²) in [6.45, 7) is 13.5. The van der Waals surface area contributed by atoms with Gasteiger partial charge in [0.15, 0.2) is 0 Å². The molecule has 2 N–H and O–H groups in total. The molecule has 21 heavy (non-hydrogen) atoms. The van der Waals surface area contributed by atoms with E-state index in [9.17, 15) is 5.11 Å². The Balaban J connectivity index is 2.86. The predicted octanol–water partition coefficient (Wildman–Crippen LogP) is 3.84. The molecule has 2 atom stereocenters. The van der Waals surface area contributed by atoms with Crippen LogP contribution >= 0.6 is 0 Å². The van der Waals surface area contributed by atoms with E-state index in [0.717, 1.165) is 24.3 Å². The lowest BCUT2D eigenvalue weighted by atomic mass is 9.93. The molecule has 0 aliphatic carbocycles. The normalized spacial score (nSPS) is 15.8. The lowest BCUT2D eigenvalue weighted by Gasteiger charge is -2.28. The maximum atomic E-state index is 10.3. The summed E-state index contributed by atoms with van der Waals surface area (Å²) < 4.78 is 5.93. The second-order valence-electron chi connectivity index (χ2n) is 6.52. The lowest BCUT2D eigenvalue weighted by Crippen LogP contribution is -2.38. The Morgan fingerprint density at radius 1 is 1.29 bits per heavy atom. The summed E-state index contributed by atoms with van der Waals surface area (Å²) in [6, 6.07) is 6.46. The summed E-state index contributed by atoms with van der Waals surface area (Å²) >= 11 is 0. The Hall–Kier alpha value is -1.06. The molecule has 2 unspecified atom stereocenters. The van der Waals surface area contributed by atoms with Gasteiger partial charge >= 0.3 is 0 Å². The Kier molecular flexibility index (Phi) is 6.69. The maximum Gasteiger partial charge on any atom is 0.124 e. The molecule has 0 heterocycles. The summed E-state index contributed by atoms with van der Waals surface area (Å²) in [4.78, 5) is 0. The summed E-state index contributed by atoms with van der Waals surface area (Å²) in [6.07, 6.45) is 1.11. The van der Waals surface area contributed by atoms with E-state index in [0.29, 0.717) is 6.61 Å². The highest BCUT2D eigenvalue weighted by molar-refractivity contribution is 5.39. The number of benzene rings is 1. The van der Waals surface area contributed by atoms with Crippen molar-refractivity contribution in [2.75, 3.05) is 13.2 Å². The molecule has 0 spiro atoms. The number of nitrogens with one attached hydrogen (secondary N) is 1. The van der Waals surface area contributed by atoms with Crippen LogP contribution in [-0.4, -0.2) is 23.9 Å². The minimum absolute atomic E-state index is 0.155. The van der Waals surface area contributed by atoms with Gasteiger partial charge in [-0.1, -0.05) is 38.5 Å². The second kappa shape index (κ2) is 7.81. The third kappa shape index (κ3) is 5.33. The largest absolute Gasteiger partial charge is 0.490 e. The highest BCUT2D eigenvalue weighted by Crippen LogP contribution is 2.28. The first kappa shape index (κ1) is 18.0. The van der Waals surface area contributed by atoms with Crippen LogP contribution in [0.15, 0.2) is 18.2 Å². The van der Waals surface area contributed by atoms with Gasteiger partial charge in [0.25, 0.3) is 0 Å².